The molecule has 120 valence electrons. The van der Waals surface area contributed by atoms with E-state index in [0.29, 0.717) is 30.4 Å². The molecule has 0 atom stereocenters. The summed E-state index contributed by atoms with van der Waals surface area (Å²) in [4.78, 5) is 14.3. The number of methoxy groups -OCH3 is 1. The summed E-state index contributed by atoms with van der Waals surface area (Å²) < 4.78 is 5.08. The molecule has 0 unspecified atom stereocenters. The van der Waals surface area contributed by atoms with Crippen molar-refractivity contribution in [3.8, 4) is 0 Å². The van der Waals surface area contributed by atoms with E-state index in [0.717, 1.165) is 38.9 Å². The zero-order valence-electron chi connectivity index (χ0n) is 13.2. The van der Waals surface area contributed by atoms with Crippen molar-refractivity contribution in [2.24, 2.45) is 5.92 Å². The van der Waals surface area contributed by atoms with Gasteiger partial charge < -0.3 is 20.1 Å². The highest BCUT2D eigenvalue weighted by atomic mass is 16.5. The molecule has 0 aromatic heterocycles. The van der Waals surface area contributed by atoms with E-state index in [2.05, 4.69) is 16.8 Å². The van der Waals surface area contributed by atoms with E-state index in [1.165, 1.54) is 7.11 Å². The van der Waals surface area contributed by atoms with Crippen molar-refractivity contribution < 1.29 is 14.6 Å². The second kappa shape index (κ2) is 9.58. The van der Waals surface area contributed by atoms with E-state index >= 15 is 0 Å². The van der Waals surface area contributed by atoms with Crippen LogP contribution in [0.4, 0.5) is 0 Å². The first-order chi connectivity index (χ1) is 10.1. The number of nitrogens with zero attached hydrogens (tertiary/aromatic N) is 1. The lowest BCUT2D eigenvalue weighted by Gasteiger charge is -2.30. The first kappa shape index (κ1) is 17.7. The van der Waals surface area contributed by atoms with E-state index in [1.807, 2.05) is 0 Å². The van der Waals surface area contributed by atoms with Crippen molar-refractivity contribution >= 4 is 5.91 Å². The minimum atomic E-state index is -0.106. The number of likely N-dealkylation sites (tertiary alicyclic amines) is 1. The van der Waals surface area contributed by atoms with Crippen LogP contribution in [0, 0.1) is 5.92 Å². The highest BCUT2D eigenvalue weighted by Crippen LogP contribution is 2.16. The van der Waals surface area contributed by atoms with Crippen LogP contribution in [-0.4, -0.2) is 55.8 Å². The highest BCUT2D eigenvalue weighted by molar-refractivity contribution is 5.93. The number of hydrogen-bond donors (Lipinski definition) is 2. The maximum Gasteiger partial charge on any atom is 0.250 e. The lowest BCUT2D eigenvalue weighted by molar-refractivity contribution is -0.117. The van der Waals surface area contributed by atoms with Crippen LogP contribution >= 0.6 is 0 Å². The van der Waals surface area contributed by atoms with Gasteiger partial charge in [0.1, 0.15) is 5.76 Å². The van der Waals surface area contributed by atoms with E-state index in [1.54, 1.807) is 13.0 Å². The number of nitrogens with one attached hydrogen (secondary N) is 1. The summed E-state index contributed by atoms with van der Waals surface area (Å²) in [6.45, 7) is 9.39. The van der Waals surface area contributed by atoms with Crippen LogP contribution in [0.2, 0.25) is 0 Å². The fourth-order valence-electron chi connectivity index (χ4n) is 2.53. The second-order valence-corrected chi connectivity index (χ2v) is 5.47. The molecule has 0 spiro atoms. The standard InChI is InChI=1S/C16H28N2O3/c1-4-15(21-3)13(2)16(20)17-8-5-9-18-10-6-14(12-19)7-11-18/h4,14,19H,1,5-12H2,2-3H3,(H,17,20)/b15-13-. The molecular formula is C16H28N2O3. The van der Waals surface area contributed by atoms with Crippen LogP contribution in [0.3, 0.4) is 0 Å². The average molecular weight is 296 g/mol. The van der Waals surface area contributed by atoms with Crippen molar-refractivity contribution in [1.82, 2.24) is 10.2 Å². The summed E-state index contributed by atoms with van der Waals surface area (Å²) in [5, 5.41) is 12.0. The molecule has 1 heterocycles. The first-order valence-electron chi connectivity index (χ1n) is 7.61. The molecular weight excluding hydrogens is 268 g/mol. The minimum absolute atomic E-state index is 0.106. The Morgan fingerprint density at radius 1 is 1.48 bits per heavy atom. The van der Waals surface area contributed by atoms with E-state index in [4.69, 9.17) is 9.84 Å². The van der Waals surface area contributed by atoms with Crippen molar-refractivity contribution in [2.75, 3.05) is 39.9 Å². The monoisotopic (exact) mass is 296 g/mol. The lowest BCUT2D eigenvalue weighted by Crippen LogP contribution is -2.37. The smallest absolute Gasteiger partial charge is 0.250 e. The van der Waals surface area contributed by atoms with Crippen LogP contribution in [0.1, 0.15) is 26.2 Å². The number of amides is 1. The summed E-state index contributed by atoms with van der Waals surface area (Å²) in [6.07, 6.45) is 4.61. The van der Waals surface area contributed by atoms with Crippen LogP contribution in [0.25, 0.3) is 0 Å². The average Bonchev–Trinajstić information content (AvgIpc) is 2.53. The molecule has 1 fully saturated rings. The molecule has 1 aliphatic rings. The summed E-state index contributed by atoms with van der Waals surface area (Å²) in [7, 11) is 1.53. The quantitative estimate of drug-likeness (QED) is 0.307. The predicted molar refractivity (Wildman–Crippen MR) is 83.8 cm³/mol. The number of allylic oxidation sites excluding steroid dienone is 1. The van der Waals surface area contributed by atoms with Crippen LogP contribution in [-0.2, 0) is 9.53 Å². The summed E-state index contributed by atoms with van der Waals surface area (Å²) in [5.74, 6) is 0.879. The Morgan fingerprint density at radius 3 is 2.67 bits per heavy atom. The lowest BCUT2D eigenvalue weighted by atomic mass is 9.98. The number of hydrogen-bond acceptors (Lipinski definition) is 4. The number of aliphatic hydroxyl groups is 1. The van der Waals surface area contributed by atoms with E-state index in [9.17, 15) is 4.79 Å². The Bertz CT molecular complexity index is 372. The summed E-state index contributed by atoms with van der Waals surface area (Å²) >= 11 is 0. The van der Waals surface area contributed by atoms with E-state index in [-0.39, 0.29) is 5.91 Å². The molecule has 0 aliphatic carbocycles. The molecule has 0 saturated carbocycles. The largest absolute Gasteiger partial charge is 0.496 e. The zero-order valence-corrected chi connectivity index (χ0v) is 13.2. The normalized spacial score (nSPS) is 18.0. The molecule has 0 bridgehead atoms. The summed E-state index contributed by atoms with van der Waals surface area (Å²) in [6, 6.07) is 0. The maximum atomic E-state index is 11.9. The third-order valence-corrected chi connectivity index (χ3v) is 4.02. The number of carbonyl (C=O) groups excluding carboxylic acids is 1. The Morgan fingerprint density at radius 2 is 2.14 bits per heavy atom. The third-order valence-electron chi connectivity index (χ3n) is 4.02. The zero-order chi connectivity index (χ0) is 15.7. The molecule has 2 N–H and O–H groups in total. The van der Waals surface area contributed by atoms with Gasteiger partial charge in [0.2, 0.25) is 0 Å². The Kier molecular flexibility index (Phi) is 8.08. The van der Waals surface area contributed by atoms with E-state index < -0.39 is 0 Å². The van der Waals surface area contributed by atoms with Crippen LogP contribution < -0.4 is 5.32 Å². The molecule has 0 aromatic carbocycles. The van der Waals surface area contributed by atoms with Gasteiger partial charge in [0.15, 0.2) is 0 Å². The number of ether oxygens (including phenoxy) is 1. The number of piperidine rings is 1. The Balaban J connectivity index is 2.21. The van der Waals surface area contributed by atoms with Gasteiger partial charge in [0, 0.05) is 13.2 Å². The number of aliphatic hydroxyl groups excluding tert-OH is 1. The molecule has 1 saturated heterocycles. The maximum absolute atomic E-state index is 11.9. The Hall–Kier alpha value is -1.33. The van der Waals surface area contributed by atoms with Gasteiger partial charge in [-0.25, -0.2) is 0 Å². The van der Waals surface area contributed by atoms with Crippen LogP contribution in [0.5, 0.6) is 0 Å². The molecule has 5 nitrogen and oxygen atoms in total. The highest BCUT2D eigenvalue weighted by Gasteiger charge is 2.17. The third kappa shape index (κ3) is 5.89. The fourth-order valence-corrected chi connectivity index (χ4v) is 2.53. The van der Waals surface area contributed by atoms with Gasteiger partial charge >= 0.3 is 0 Å². The second-order valence-electron chi connectivity index (χ2n) is 5.47. The van der Waals surface area contributed by atoms with Gasteiger partial charge in [-0.1, -0.05) is 6.58 Å². The first-order valence-corrected chi connectivity index (χ1v) is 7.61. The Labute approximate surface area is 127 Å². The predicted octanol–water partition coefficient (Wildman–Crippen LogP) is 1.30. The SMILES string of the molecule is C=C/C(OC)=C(\C)C(=O)NCCCN1CCC(CO)CC1. The topological polar surface area (TPSA) is 61.8 Å². The number of carbonyl (C=O) groups is 1. The van der Waals surface area contributed by atoms with Gasteiger partial charge in [-0.3, -0.25) is 4.79 Å². The molecule has 21 heavy (non-hydrogen) atoms. The van der Waals surface area contributed by atoms with Crippen molar-refractivity contribution in [1.29, 1.82) is 0 Å². The minimum Gasteiger partial charge on any atom is -0.496 e. The molecule has 1 rings (SSSR count). The van der Waals surface area contributed by atoms with Gasteiger partial charge in [-0.15, -0.1) is 0 Å². The molecule has 0 aromatic rings. The molecule has 5 heteroatoms. The summed E-state index contributed by atoms with van der Waals surface area (Å²) in [5.41, 5.74) is 0.552. The van der Waals surface area contributed by atoms with Gasteiger partial charge in [0.25, 0.3) is 5.91 Å². The van der Waals surface area contributed by atoms with Crippen molar-refractivity contribution in [3.63, 3.8) is 0 Å². The molecule has 1 amide bonds. The number of rotatable bonds is 8. The van der Waals surface area contributed by atoms with Crippen LogP contribution in [0.15, 0.2) is 24.0 Å². The van der Waals surface area contributed by atoms with Crippen molar-refractivity contribution in [2.45, 2.75) is 26.2 Å². The van der Waals surface area contributed by atoms with Gasteiger partial charge in [0.05, 0.1) is 12.7 Å². The molecule has 0 radical (unpaired) electrons. The fraction of sp³-hybridized carbons (Fsp3) is 0.688. The van der Waals surface area contributed by atoms with Crippen molar-refractivity contribution in [3.05, 3.63) is 24.0 Å². The van der Waals surface area contributed by atoms with Gasteiger partial charge in [-0.2, -0.15) is 0 Å². The molecule has 1 aliphatic heterocycles. The van der Waals surface area contributed by atoms with Gasteiger partial charge in [-0.05, 0) is 57.8 Å².